The molecule has 0 radical (unpaired) electrons. The standard InChI is InChI=1S/C12H19N3S/c1-3-12(2,11-14-9-10-16-11)15-8-6-4-5-7-13/h9-10,15H,3-6,8H2,1-2H3. The van der Waals surface area contributed by atoms with Crippen LogP contribution in [0.25, 0.3) is 0 Å². The maximum atomic E-state index is 8.44. The van der Waals surface area contributed by atoms with Crippen molar-refractivity contribution in [3.05, 3.63) is 16.6 Å². The van der Waals surface area contributed by atoms with Gasteiger partial charge in [0.15, 0.2) is 0 Å². The number of rotatable bonds is 7. The molecule has 0 fully saturated rings. The molecule has 1 heterocycles. The highest BCUT2D eigenvalue weighted by Crippen LogP contribution is 2.25. The number of nitrogens with one attached hydrogen (secondary N) is 1. The van der Waals surface area contributed by atoms with Crippen molar-refractivity contribution in [2.24, 2.45) is 0 Å². The van der Waals surface area contributed by atoms with Crippen molar-refractivity contribution in [2.45, 2.75) is 45.1 Å². The number of aromatic nitrogens is 1. The van der Waals surface area contributed by atoms with Gasteiger partial charge in [0.1, 0.15) is 5.01 Å². The largest absolute Gasteiger partial charge is 0.306 e. The average Bonchev–Trinajstić information content (AvgIpc) is 2.82. The molecule has 0 aliphatic heterocycles. The molecule has 0 spiro atoms. The summed E-state index contributed by atoms with van der Waals surface area (Å²) in [6.07, 6.45) is 5.56. The van der Waals surface area contributed by atoms with E-state index in [1.165, 1.54) is 0 Å². The lowest BCUT2D eigenvalue weighted by Gasteiger charge is -2.27. The molecule has 0 saturated carbocycles. The van der Waals surface area contributed by atoms with Gasteiger partial charge in [0.2, 0.25) is 0 Å². The predicted octanol–water partition coefficient (Wildman–Crippen LogP) is 3.05. The zero-order valence-corrected chi connectivity index (χ0v) is 10.8. The molecular weight excluding hydrogens is 218 g/mol. The zero-order valence-electron chi connectivity index (χ0n) is 9.99. The van der Waals surface area contributed by atoms with Crippen LogP contribution in [0.2, 0.25) is 0 Å². The van der Waals surface area contributed by atoms with Gasteiger partial charge in [0.05, 0.1) is 11.6 Å². The van der Waals surface area contributed by atoms with Crippen molar-refractivity contribution in [2.75, 3.05) is 6.54 Å². The third-order valence-electron chi connectivity index (χ3n) is 2.84. The van der Waals surface area contributed by atoms with E-state index in [1.807, 2.05) is 11.6 Å². The van der Waals surface area contributed by atoms with E-state index in [9.17, 15) is 0 Å². The van der Waals surface area contributed by atoms with Crippen LogP contribution >= 0.6 is 11.3 Å². The van der Waals surface area contributed by atoms with E-state index >= 15 is 0 Å². The highest BCUT2D eigenvalue weighted by atomic mass is 32.1. The van der Waals surface area contributed by atoms with Gasteiger partial charge in [0.25, 0.3) is 0 Å². The van der Waals surface area contributed by atoms with Gasteiger partial charge in [-0.3, -0.25) is 0 Å². The van der Waals surface area contributed by atoms with Crippen LogP contribution in [0.15, 0.2) is 11.6 Å². The minimum Gasteiger partial charge on any atom is -0.306 e. The number of hydrogen-bond donors (Lipinski definition) is 1. The topological polar surface area (TPSA) is 48.7 Å². The van der Waals surface area contributed by atoms with Gasteiger partial charge in [0, 0.05) is 18.0 Å². The van der Waals surface area contributed by atoms with Gasteiger partial charge in [-0.05, 0) is 32.7 Å². The summed E-state index contributed by atoms with van der Waals surface area (Å²) in [7, 11) is 0. The van der Waals surface area contributed by atoms with Crippen LogP contribution < -0.4 is 5.32 Å². The van der Waals surface area contributed by atoms with E-state index < -0.39 is 0 Å². The third kappa shape index (κ3) is 3.58. The molecule has 1 rings (SSSR count). The normalized spacial score (nSPS) is 14.3. The van der Waals surface area contributed by atoms with Crippen LogP contribution in [0, 0.1) is 11.3 Å². The van der Waals surface area contributed by atoms with E-state index in [4.69, 9.17) is 5.26 Å². The van der Waals surface area contributed by atoms with Crippen LogP contribution in [0.4, 0.5) is 0 Å². The summed E-state index contributed by atoms with van der Waals surface area (Å²) in [6.45, 7) is 5.31. The summed E-state index contributed by atoms with van der Waals surface area (Å²) in [6, 6.07) is 2.17. The monoisotopic (exact) mass is 237 g/mol. The lowest BCUT2D eigenvalue weighted by Crippen LogP contribution is -2.39. The highest BCUT2D eigenvalue weighted by molar-refractivity contribution is 7.09. The fraction of sp³-hybridized carbons (Fsp3) is 0.667. The van der Waals surface area contributed by atoms with Gasteiger partial charge in [-0.2, -0.15) is 5.26 Å². The van der Waals surface area contributed by atoms with Gasteiger partial charge >= 0.3 is 0 Å². The molecule has 4 heteroatoms. The van der Waals surface area contributed by atoms with E-state index in [-0.39, 0.29) is 5.54 Å². The van der Waals surface area contributed by atoms with Crippen molar-refractivity contribution in [3.63, 3.8) is 0 Å². The maximum absolute atomic E-state index is 8.44. The number of thiazole rings is 1. The molecule has 0 aliphatic carbocycles. The summed E-state index contributed by atoms with van der Waals surface area (Å²) < 4.78 is 0. The smallest absolute Gasteiger partial charge is 0.112 e. The Bertz CT molecular complexity index is 329. The number of unbranched alkanes of at least 4 members (excludes halogenated alkanes) is 2. The SMILES string of the molecule is CCC(C)(NCCCCC#N)c1nccs1. The Morgan fingerprint density at radius 1 is 1.56 bits per heavy atom. The van der Waals surface area contributed by atoms with Gasteiger partial charge in [-0.1, -0.05) is 6.92 Å². The van der Waals surface area contributed by atoms with Crippen LogP contribution in [-0.2, 0) is 5.54 Å². The minimum atomic E-state index is -0.0131. The first-order chi connectivity index (χ1) is 7.73. The quantitative estimate of drug-likeness (QED) is 0.741. The first kappa shape index (κ1) is 13.1. The van der Waals surface area contributed by atoms with Crippen molar-refractivity contribution < 1.29 is 0 Å². The molecule has 0 amide bonds. The molecule has 3 nitrogen and oxygen atoms in total. The molecule has 0 bridgehead atoms. The Morgan fingerprint density at radius 3 is 2.94 bits per heavy atom. The number of hydrogen-bond acceptors (Lipinski definition) is 4. The minimum absolute atomic E-state index is 0.0131. The first-order valence-electron chi connectivity index (χ1n) is 5.75. The summed E-state index contributed by atoms with van der Waals surface area (Å²) in [4.78, 5) is 4.38. The average molecular weight is 237 g/mol. The first-order valence-corrected chi connectivity index (χ1v) is 6.63. The van der Waals surface area contributed by atoms with E-state index in [0.29, 0.717) is 6.42 Å². The molecule has 88 valence electrons. The predicted molar refractivity (Wildman–Crippen MR) is 67.2 cm³/mol. The molecule has 1 N–H and O–H groups in total. The van der Waals surface area contributed by atoms with Crippen molar-refractivity contribution in [3.8, 4) is 6.07 Å². The molecule has 1 unspecified atom stereocenters. The molecule has 0 aliphatic rings. The lowest BCUT2D eigenvalue weighted by molar-refractivity contribution is 0.349. The van der Waals surface area contributed by atoms with E-state index in [2.05, 4.69) is 30.2 Å². The molecule has 1 aromatic rings. The Hall–Kier alpha value is -0.920. The molecule has 0 saturated heterocycles. The second kappa shape index (κ2) is 6.62. The van der Waals surface area contributed by atoms with Crippen LogP contribution in [0.3, 0.4) is 0 Å². The van der Waals surface area contributed by atoms with Crippen LogP contribution in [-0.4, -0.2) is 11.5 Å². The van der Waals surface area contributed by atoms with Gasteiger partial charge in [-0.25, -0.2) is 4.98 Å². The molecule has 1 aromatic heterocycles. The van der Waals surface area contributed by atoms with Gasteiger partial charge < -0.3 is 5.32 Å². The molecule has 0 aromatic carbocycles. The Labute approximate surface area is 102 Å². The van der Waals surface area contributed by atoms with Gasteiger partial charge in [-0.15, -0.1) is 11.3 Å². The fourth-order valence-corrected chi connectivity index (χ4v) is 2.39. The van der Waals surface area contributed by atoms with Crippen molar-refractivity contribution in [1.29, 1.82) is 5.26 Å². The third-order valence-corrected chi connectivity index (χ3v) is 3.88. The molecule has 16 heavy (non-hydrogen) atoms. The van der Waals surface area contributed by atoms with E-state index in [0.717, 1.165) is 30.8 Å². The summed E-state index contributed by atoms with van der Waals surface area (Å²) >= 11 is 1.70. The lowest BCUT2D eigenvalue weighted by atomic mass is 9.99. The highest BCUT2D eigenvalue weighted by Gasteiger charge is 2.25. The number of nitrogens with zero attached hydrogens (tertiary/aromatic N) is 2. The molecular formula is C12H19N3S. The summed E-state index contributed by atoms with van der Waals surface area (Å²) in [5, 5.41) is 15.2. The second-order valence-electron chi connectivity index (χ2n) is 4.06. The van der Waals surface area contributed by atoms with Crippen LogP contribution in [0.5, 0.6) is 0 Å². The zero-order chi connectivity index (χ0) is 11.9. The fourth-order valence-electron chi connectivity index (χ4n) is 1.54. The second-order valence-corrected chi connectivity index (χ2v) is 4.96. The molecule has 1 atom stereocenters. The Morgan fingerprint density at radius 2 is 2.38 bits per heavy atom. The van der Waals surface area contributed by atoms with Crippen molar-refractivity contribution >= 4 is 11.3 Å². The van der Waals surface area contributed by atoms with Crippen LogP contribution in [0.1, 0.15) is 44.5 Å². The van der Waals surface area contributed by atoms with Crippen molar-refractivity contribution in [1.82, 2.24) is 10.3 Å². The summed E-state index contributed by atoms with van der Waals surface area (Å²) in [5.74, 6) is 0. The Balaban J connectivity index is 2.40. The Kier molecular flexibility index (Phi) is 5.44. The number of nitriles is 1. The van der Waals surface area contributed by atoms with E-state index in [1.54, 1.807) is 11.3 Å². The maximum Gasteiger partial charge on any atom is 0.112 e. The summed E-state index contributed by atoms with van der Waals surface area (Å²) in [5.41, 5.74) is -0.0131.